The lowest BCUT2D eigenvalue weighted by molar-refractivity contribution is -0.140. The van der Waals surface area contributed by atoms with Crippen molar-refractivity contribution in [1.29, 1.82) is 0 Å². The number of nitrogens with one attached hydrogen (secondary N) is 2. The predicted molar refractivity (Wildman–Crippen MR) is 130 cm³/mol. The van der Waals surface area contributed by atoms with Crippen molar-refractivity contribution < 1.29 is 14.3 Å². The molecule has 2 aromatic carbocycles. The van der Waals surface area contributed by atoms with Crippen molar-refractivity contribution in [3.63, 3.8) is 0 Å². The minimum Gasteiger partial charge on any atom is -0.462 e. The van der Waals surface area contributed by atoms with Crippen LogP contribution in [0.1, 0.15) is 37.9 Å². The van der Waals surface area contributed by atoms with Gasteiger partial charge in [-0.2, -0.15) is 0 Å². The van der Waals surface area contributed by atoms with Gasteiger partial charge in [-0.15, -0.1) is 0 Å². The monoisotopic (exact) mass is 451 g/mol. The lowest BCUT2D eigenvalue weighted by Gasteiger charge is -2.35. The highest BCUT2D eigenvalue weighted by molar-refractivity contribution is 7.80. The molecule has 0 radical (unpaired) electrons. The van der Waals surface area contributed by atoms with Gasteiger partial charge in [0, 0.05) is 18.4 Å². The van der Waals surface area contributed by atoms with Crippen LogP contribution in [0.2, 0.25) is 0 Å². The molecule has 7 heteroatoms. The molecule has 1 aliphatic rings. The van der Waals surface area contributed by atoms with Gasteiger partial charge in [0.1, 0.15) is 0 Å². The second-order valence-corrected chi connectivity index (χ2v) is 8.66. The van der Waals surface area contributed by atoms with E-state index in [1.807, 2.05) is 82.4 Å². The molecule has 1 amide bonds. The first-order valence-corrected chi connectivity index (χ1v) is 11.0. The van der Waals surface area contributed by atoms with E-state index in [2.05, 4.69) is 10.6 Å². The summed E-state index contributed by atoms with van der Waals surface area (Å²) in [6.45, 7) is 6.19. The van der Waals surface area contributed by atoms with E-state index in [0.717, 1.165) is 16.8 Å². The molecule has 0 aromatic heterocycles. The number of hydrogen-bond donors (Lipinski definition) is 2. The summed E-state index contributed by atoms with van der Waals surface area (Å²) in [4.78, 5) is 27.2. The first-order chi connectivity index (χ1) is 15.3. The third kappa shape index (κ3) is 5.73. The van der Waals surface area contributed by atoms with E-state index in [-0.39, 0.29) is 24.2 Å². The minimum absolute atomic E-state index is 0.108. The minimum atomic E-state index is -0.468. The number of thiocarbonyl (C=S) groups is 1. The van der Waals surface area contributed by atoms with Gasteiger partial charge in [-0.3, -0.25) is 4.79 Å². The van der Waals surface area contributed by atoms with Crippen LogP contribution in [0.3, 0.4) is 0 Å². The molecule has 3 rings (SSSR count). The summed E-state index contributed by atoms with van der Waals surface area (Å²) in [5, 5.41) is 6.70. The number of benzene rings is 2. The standard InChI is InChI=1S/C25H29N3O3S/c1-16(2)15-31-24(30)22-17(3)28(4)25(32)27-23(22)19-11-8-12-20(14-19)26-21(29)13-18-9-6-5-7-10-18/h5-12,14,16,23H,13,15H2,1-4H3,(H,26,29)(H,27,32). The highest BCUT2D eigenvalue weighted by atomic mass is 32.1. The number of carbonyl (C=O) groups excluding carboxylic acids is 2. The van der Waals surface area contributed by atoms with Crippen LogP contribution in [0.15, 0.2) is 65.9 Å². The molecule has 0 aliphatic carbocycles. The molecule has 1 unspecified atom stereocenters. The van der Waals surface area contributed by atoms with Gasteiger partial charge in [-0.05, 0) is 48.3 Å². The lowest BCUT2D eigenvalue weighted by Crippen LogP contribution is -2.46. The Balaban J connectivity index is 1.84. The highest BCUT2D eigenvalue weighted by Crippen LogP contribution is 2.32. The van der Waals surface area contributed by atoms with Gasteiger partial charge >= 0.3 is 5.97 Å². The third-order valence-corrected chi connectivity index (χ3v) is 5.62. The fourth-order valence-electron chi connectivity index (χ4n) is 3.45. The average molecular weight is 452 g/mol. The molecule has 2 N–H and O–H groups in total. The molecular formula is C25H29N3O3S. The van der Waals surface area contributed by atoms with Crippen molar-refractivity contribution in [2.45, 2.75) is 33.2 Å². The Bertz CT molecular complexity index is 1030. The number of amides is 1. The van der Waals surface area contributed by atoms with E-state index < -0.39 is 6.04 Å². The molecule has 168 valence electrons. The molecule has 6 nitrogen and oxygen atoms in total. The van der Waals surface area contributed by atoms with Gasteiger partial charge in [-0.25, -0.2) is 4.79 Å². The quantitative estimate of drug-likeness (QED) is 0.486. The second-order valence-electron chi connectivity index (χ2n) is 8.27. The van der Waals surface area contributed by atoms with Crippen molar-refractivity contribution in [2.75, 3.05) is 19.0 Å². The number of allylic oxidation sites excluding steroid dienone is 1. The summed E-state index contributed by atoms with van der Waals surface area (Å²) in [6.07, 6.45) is 0.285. The largest absolute Gasteiger partial charge is 0.462 e. The molecular weight excluding hydrogens is 422 g/mol. The second kappa shape index (κ2) is 10.4. The Morgan fingerprint density at radius 3 is 2.56 bits per heavy atom. The van der Waals surface area contributed by atoms with E-state index in [0.29, 0.717) is 23.0 Å². The Morgan fingerprint density at radius 1 is 1.16 bits per heavy atom. The third-order valence-electron chi connectivity index (χ3n) is 5.23. The van der Waals surface area contributed by atoms with Gasteiger partial charge in [0.15, 0.2) is 5.11 Å². The van der Waals surface area contributed by atoms with Crippen LogP contribution < -0.4 is 10.6 Å². The van der Waals surface area contributed by atoms with Gasteiger partial charge in [0.05, 0.1) is 24.6 Å². The van der Waals surface area contributed by atoms with Crippen LogP contribution in [0.4, 0.5) is 5.69 Å². The average Bonchev–Trinajstić information content (AvgIpc) is 2.76. The van der Waals surface area contributed by atoms with Gasteiger partial charge in [0.25, 0.3) is 0 Å². The summed E-state index contributed by atoms with van der Waals surface area (Å²) in [6, 6.07) is 16.5. The van der Waals surface area contributed by atoms with Crippen molar-refractivity contribution in [2.24, 2.45) is 5.92 Å². The topological polar surface area (TPSA) is 70.7 Å². The lowest BCUT2D eigenvalue weighted by atomic mass is 9.94. The summed E-state index contributed by atoms with van der Waals surface area (Å²) >= 11 is 5.46. The maximum absolute atomic E-state index is 13.0. The molecule has 0 spiro atoms. The summed E-state index contributed by atoms with van der Waals surface area (Å²) in [7, 11) is 1.82. The molecule has 0 saturated carbocycles. The number of esters is 1. The fourth-order valence-corrected chi connectivity index (χ4v) is 3.71. The molecule has 1 atom stereocenters. The highest BCUT2D eigenvalue weighted by Gasteiger charge is 2.33. The van der Waals surface area contributed by atoms with Gasteiger partial charge < -0.3 is 20.3 Å². The zero-order chi connectivity index (χ0) is 23.3. The Labute approximate surface area is 194 Å². The molecule has 1 aliphatic heterocycles. The maximum atomic E-state index is 13.0. The zero-order valence-corrected chi connectivity index (χ0v) is 19.7. The van der Waals surface area contributed by atoms with Crippen LogP contribution in [0.5, 0.6) is 0 Å². The normalized spacial score (nSPS) is 16.1. The van der Waals surface area contributed by atoms with Crippen LogP contribution in [-0.2, 0) is 20.7 Å². The van der Waals surface area contributed by atoms with E-state index in [9.17, 15) is 9.59 Å². The van der Waals surface area contributed by atoms with E-state index in [1.165, 1.54) is 0 Å². The van der Waals surface area contributed by atoms with Crippen LogP contribution >= 0.6 is 12.2 Å². The first kappa shape index (κ1) is 23.5. The summed E-state index contributed by atoms with van der Waals surface area (Å²) in [5.41, 5.74) is 3.66. The predicted octanol–water partition coefficient (Wildman–Crippen LogP) is 4.20. The smallest absolute Gasteiger partial charge is 0.338 e. The van der Waals surface area contributed by atoms with Crippen molar-refractivity contribution >= 4 is 34.9 Å². The number of hydrogen-bond acceptors (Lipinski definition) is 4. The van der Waals surface area contributed by atoms with E-state index in [1.54, 1.807) is 4.90 Å². The molecule has 0 fully saturated rings. The molecule has 2 aromatic rings. The first-order valence-electron chi connectivity index (χ1n) is 10.6. The molecule has 0 saturated heterocycles. The fraction of sp³-hybridized carbons (Fsp3) is 0.320. The zero-order valence-electron chi connectivity index (χ0n) is 18.8. The van der Waals surface area contributed by atoms with Gasteiger partial charge in [-0.1, -0.05) is 56.3 Å². The van der Waals surface area contributed by atoms with Gasteiger partial charge in [0.2, 0.25) is 5.91 Å². The Hall–Kier alpha value is -3.19. The van der Waals surface area contributed by atoms with E-state index in [4.69, 9.17) is 17.0 Å². The number of rotatable bonds is 7. The van der Waals surface area contributed by atoms with Crippen LogP contribution in [-0.4, -0.2) is 35.5 Å². The number of carbonyl (C=O) groups is 2. The summed E-state index contributed by atoms with van der Waals surface area (Å²) < 4.78 is 5.53. The maximum Gasteiger partial charge on any atom is 0.338 e. The molecule has 0 bridgehead atoms. The molecule has 1 heterocycles. The number of nitrogens with zero attached hydrogens (tertiary/aromatic N) is 1. The van der Waals surface area contributed by atoms with Crippen molar-refractivity contribution in [3.05, 3.63) is 77.0 Å². The SMILES string of the molecule is CC1=C(C(=O)OCC(C)C)C(c2cccc(NC(=O)Cc3ccccc3)c2)NC(=S)N1C. The van der Waals surface area contributed by atoms with Crippen molar-refractivity contribution in [3.8, 4) is 0 Å². The Kier molecular flexibility index (Phi) is 7.64. The molecule has 32 heavy (non-hydrogen) atoms. The van der Waals surface area contributed by atoms with Crippen molar-refractivity contribution in [1.82, 2.24) is 10.2 Å². The van der Waals surface area contributed by atoms with Crippen LogP contribution in [0.25, 0.3) is 0 Å². The number of anilines is 1. The Morgan fingerprint density at radius 2 is 1.88 bits per heavy atom. The van der Waals surface area contributed by atoms with Crippen LogP contribution in [0, 0.1) is 5.92 Å². The summed E-state index contributed by atoms with van der Waals surface area (Å²) in [5.74, 6) is -0.248. The van der Waals surface area contributed by atoms with E-state index >= 15 is 0 Å². The number of ether oxygens (including phenoxy) is 1.